The Hall–Kier alpha value is -1.57. The summed E-state index contributed by atoms with van der Waals surface area (Å²) in [6.07, 6.45) is 0. The first-order chi connectivity index (χ1) is 8.49. The van der Waals surface area contributed by atoms with Crippen LogP contribution in [0.5, 0.6) is 11.6 Å². The summed E-state index contributed by atoms with van der Waals surface area (Å²) in [5.41, 5.74) is 0.530. The van der Waals surface area contributed by atoms with Gasteiger partial charge in [0.15, 0.2) is 0 Å². The fraction of sp³-hybridized carbons (Fsp3) is 0.167. The Balaban J connectivity index is 2.43. The number of carboxylic acid groups (broad SMARTS) is 1. The Labute approximate surface area is 118 Å². The minimum absolute atomic E-state index is 0.0939. The van der Waals surface area contributed by atoms with Crippen LogP contribution in [0.1, 0.15) is 16.1 Å². The van der Waals surface area contributed by atoms with Crippen molar-refractivity contribution in [3.8, 4) is 11.6 Å². The smallest absolute Gasteiger partial charge is 0.343 e. The van der Waals surface area contributed by atoms with Gasteiger partial charge in [0.2, 0.25) is 5.88 Å². The van der Waals surface area contributed by atoms with Crippen molar-refractivity contribution in [3.63, 3.8) is 0 Å². The summed E-state index contributed by atoms with van der Waals surface area (Å²) in [7, 11) is 1.66. The molecule has 0 aliphatic heterocycles. The average Bonchev–Trinajstić information content (AvgIpc) is 2.53. The number of aromatic nitrogens is 2. The average molecular weight is 358 g/mol. The second-order valence-electron chi connectivity index (χ2n) is 3.75. The maximum Gasteiger partial charge on any atom is 0.343 e. The molecule has 1 aromatic heterocycles. The van der Waals surface area contributed by atoms with E-state index in [-0.39, 0.29) is 11.4 Å². The molecule has 1 aromatic carbocycles. The van der Waals surface area contributed by atoms with Crippen LogP contribution in [0.2, 0.25) is 0 Å². The summed E-state index contributed by atoms with van der Waals surface area (Å²) in [5, 5.41) is 13.2. The highest BCUT2D eigenvalue weighted by atomic mass is 127. The van der Waals surface area contributed by atoms with Crippen LogP contribution in [-0.2, 0) is 7.05 Å². The number of carbonyl (C=O) groups is 1. The van der Waals surface area contributed by atoms with Crippen molar-refractivity contribution in [2.75, 3.05) is 0 Å². The van der Waals surface area contributed by atoms with Crippen molar-refractivity contribution in [2.45, 2.75) is 6.92 Å². The number of hydrogen-bond acceptors (Lipinski definition) is 3. The molecule has 0 fully saturated rings. The van der Waals surface area contributed by atoms with Crippen LogP contribution in [0.3, 0.4) is 0 Å². The highest BCUT2D eigenvalue weighted by molar-refractivity contribution is 14.1. The predicted octanol–water partition coefficient (Wildman–Crippen LogP) is 2.82. The highest BCUT2D eigenvalue weighted by Gasteiger charge is 2.21. The molecule has 0 saturated heterocycles. The zero-order chi connectivity index (χ0) is 13.3. The molecule has 2 rings (SSSR count). The predicted molar refractivity (Wildman–Crippen MR) is 74.1 cm³/mol. The third-order valence-corrected chi connectivity index (χ3v) is 3.07. The summed E-state index contributed by atoms with van der Waals surface area (Å²) in [5.74, 6) is -0.212. The zero-order valence-electron chi connectivity index (χ0n) is 9.85. The lowest BCUT2D eigenvalue weighted by Gasteiger charge is -2.07. The van der Waals surface area contributed by atoms with Gasteiger partial charge in [-0.1, -0.05) is 6.07 Å². The highest BCUT2D eigenvalue weighted by Crippen LogP contribution is 2.27. The van der Waals surface area contributed by atoms with E-state index in [2.05, 4.69) is 27.7 Å². The molecule has 0 amide bonds. The Bertz CT molecular complexity index is 607. The molecule has 1 heterocycles. The van der Waals surface area contributed by atoms with Crippen LogP contribution in [0, 0.1) is 10.5 Å². The van der Waals surface area contributed by atoms with Crippen LogP contribution in [-0.4, -0.2) is 20.9 Å². The van der Waals surface area contributed by atoms with Gasteiger partial charge in [0.05, 0.1) is 5.69 Å². The van der Waals surface area contributed by atoms with E-state index in [9.17, 15) is 4.79 Å². The van der Waals surface area contributed by atoms with E-state index in [1.807, 2.05) is 18.2 Å². The fourth-order valence-electron chi connectivity index (χ4n) is 1.64. The van der Waals surface area contributed by atoms with Gasteiger partial charge in [-0.3, -0.25) is 0 Å². The third-order valence-electron chi connectivity index (χ3n) is 2.39. The second-order valence-corrected chi connectivity index (χ2v) is 5.00. The van der Waals surface area contributed by atoms with Crippen molar-refractivity contribution in [3.05, 3.63) is 39.1 Å². The number of aromatic carboxylic acids is 1. The first-order valence-electron chi connectivity index (χ1n) is 5.19. The molecule has 1 N–H and O–H groups in total. The van der Waals surface area contributed by atoms with Gasteiger partial charge in [0, 0.05) is 10.6 Å². The number of aryl methyl sites for hydroxylation is 2. The van der Waals surface area contributed by atoms with Crippen molar-refractivity contribution in [2.24, 2.45) is 7.05 Å². The molecule has 94 valence electrons. The first kappa shape index (κ1) is 12.9. The summed E-state index contributed by atoms with van der Waals surface area (Å²) in [6, 6.07) is 7.38. The van der Waals surface area contributed by atoms with E-state index in [0.29, 0.717) is 11.4 Å². The Kier molecular flexibility index (Phi) is 3.55. The number of nitrogens with zero attached hydrogens (tertiary/aromatic N) is 2. The maximum absolute atomic E-state index is 11.2. The van der Waals surface area contributed by atoms with Crippen molar-refractivity contribution in [1.29, 1.82) is 0 Å². The minimum Gasteiger partial charge on any atom is -0.477 e. The number of benzene rings is 1. The van der Waals surface area contributed by atoms with Crippen LogP contribution < -0.4 is 4.74 Å². The van der Waals surface area contributed by atoms with E-state index < -0.39 is 5.97 Å². The molecule has 2 aromatic rings. The van der Waals surface area contributed by atoms with E-state index in [4.69, 9.17) is 9.84 Å². The van der Waals surface area contributed by atoms with Gasteiger partial charge in [-0.25, -0.2) is 9.48 Å². The second kappa shape index (κ2) is 4.97. The lowest BCUT2D eigenvalue weighted by atomic mass is 10.2. The first-order valence-corrected chi connectivity index (χ1v) is 6.27. The molecular weight excluding hydrogens is 347 g/mol. The minimum atomic E-state index is -1.04. The van der Waals surface area contributed by atoms with Gasteiger partial charge in [0.25, 0.3) is 0 Å². The van der Waals surface area contributed by atoms with Crippen molar-refractivity contribution in [1.82, 2.24) is 9.78 Å². The topological polar surface area (TPSA) is 64.4 Å². The molecule has 18 heavy (non-hydrogen) atoms. The standard InChI is InChI=1S/C12H11IN2O3/c1-7-10(12(16)17)11(15(2)14-7)18-9-5-3-4-8(13)6-9/h3-6H,1-2H3,(H,16,17). The molecule has 0 bridgehead atoms. The van der Waals surface area contributed by atoms with Gasteiger partial charge < -0.3 is 9.84 Å². The molecule has 0 spiro atoms. The fourth-order valence-corrected chi connectivity index (χ4v) is 2.16. The van der Waals surface area contributed by atoms with Gasteiger partial charge in [-0.15, -0.1) is 0 Å². The van der Waals surface area contributed by atoms with Gasteiger partial charge in [0.1, 0.15) is 11.3 Å². The number of carboxylic acids is 1. The molecule has 0 aliphatic carbocycles. The SMILES string of the molecule is Cc1nn(C)c(Oc2cccc(I)c2)c1C(=O)O. The molecule has 0 aliphatic rings. The lowest BCUT2D eigenvalue weighted by molar-refractivity contribution is 0.0693. The summed E-state index contributed by atoms with van der Waals surface area (Å²) < 4.78 is 8.06. The van der Waals surface area contributed by atoms with Crippen molar-refractivity contribution >= 4 is 28.6 Å². The maximum atomic E-state index is 11.2. The van der Waals surface area contributed by atoms with Crippen molar-refractivity contribution < 1.29 is 14.6 Å². The van der Waals surface area contributed by atoms with Gasteiger partial charge >= 0.3 is 5.97 Å². The van der Waals surface area contributed by atoms with Crippen LogP contribution in [0.15, 0.2) is 24.3 Å². The van der Waals surface area contributed by atoms with Crippen LogP contribution in [0.25, 0.3) is 0 Å². The van der Waals surface area contributed by atoms with Gasteiger partial charge in [-0.05, 0) is 47.7 Å². The van der Waals surface area contributed by atoms with E-state index in [1.165, 1.54) is 4.68 Å². The number of halogens is 1. The summed E-state index contributed by atoms with van der Waals surface area (Å²) in [6.45, 7) is 1.64. The molecule has 0 unspecified atom stereocenters. The Morgan fingerprint density at radius 1 is 1.50 bits per heavy atom. The molecule has 0 saturated carbocycles. The third kappa shape index (κ3) is 2.47. The van der Waals surface area contributed by atoms with E-state index in [0.717, 1.165) is 3.57 Å². The molecule has 0 radical (unpaired) electrons. The van der Waals surface area contributed by atoms with Crippen LogP contribution in [0.4, 0.5) is 0 Å². The zero-order valence-corrected chi connectivity index (χ0v) is 12.0. The lowest BCUT2D eigenvalue weighted by Crippen LogP contribution is -2.01. The summed E-state index contributed by atoms with van der Waals surface area (Å²) in [4.78, 5) is 11.2. The molecule has 6 heteroatoms. The Morgan fingerprint density at radius 3 is 2.83 bits per heavy atom. The van der Waals surface area contributed by atoms with Crippen LogP contribution >= 0.6 is 22.6 Å². The Morgan fingerprint density at radius 2 is 2.22 bits per heavy atom. The number of ether oxygens (including phenoxy) is 1. The number of rotatable bonds is 3. The normalized spacial score (nSPS) is 10.4. The quantitative estimate of drug-likeness (QED) is 0.858. The monoisotopic (exact) mass is 358 g/mol. The summed E-state index contributed by atoms with van der Waals surface area (Å²) >= 11 is 2.17. The van der Waals surface area contributed by atoms with E-state index >= 15 is 0 Å². The van der Waals surface area contributed by atoms with Gasteiger partial charge in [-0.2, -0.15) is 5.10 Å². The molecular formula is C12H11IN2O3. The molecule has 5 nitrogen and oxygen atoms in total. The number of hydrogen-bond donors (Lipinski definition) is 1. The largest absolute Gasteiger partial charge is 0.477 e. The van der Waals surface area contributed by atoms with E-state index in [1.54, 1.807) is 20.0 Å². The molecule has 0 atom stereocenters.